The molecular formula is C13H22N4. The zero-order chi connectivity index (χ0) is 13.1. The third kappa shape index (κ3) is 2.86. The topological polar surface area (TPSA) is 53.6 Å². The lowest BCUT2D eigenvalue weighted by atomic mass is 10.0. The maximum absolute atomic E-state index is 9.25. The van der Waals surface area contributed by atoms with Crippen molar-refractivity contribution in [3.63, 3.8) is 0 Å². The summed E-state index contributed by atoms with van der Waals surface area (Å²) in [6.45, 7) is 11.5. The predicted molar refractivity (Wildman–Crippen MR) is 68.8 cm³/mol. The van der Waals surface area contributed by atoms with Crippen LogP contribution >= 0.6 is 0 Å². The van der Waals surface area contributed by atoms with Gasteiger partial charge in [0, 0.05) is 5.69 Å². The molecule has 0 spiro atoms. The number of aryl methyl sites for hydroxylation is 1. The smallest absolute Gasteiger partial charge is 0.123 e. The molecule has 0 amide bonds. The zero-order valence-corrected chi connectivity index (χ0v) is 11.5. The molecule has 94 valence electrons. The molecule has 4 heteroatoms. The third-order valence-electron chi connectivity index (χ3n) is 3.16. The Kier molecular flexibility index (Phi) is 4.30. The van der Waals surface area contributed by atoms with E-state index in [0.717, 1.165) is 18.7 Å². The second-order valence-corrected chi connectivity index (χ2v) is 4.63. The monoisotopic (exact) mass is 234 g/mol. The van der Waals surface area contributed by atoms with Gasteiger partial charge in [0.25, 0.3) is 0 Å². The van der Waals surface area contributed by atoms with Gasteiger partial charge in [-0.1, -0.05) is 13.8 Å². The fourth-order valence-corrected chi connectivity index (χ4v) is 2.22. The van der Waals surface area contributed by atoms with Crippen molar-refractivity contribution in [3.8, 4) is 6.07 Å². The molecule has 17 heavy (non-hydrogen) atoms. The van der Waals surface area contributed by atoms with Gasteiger partial charge in [0.2, 0.25) is 0 Å². The lowest BCUT2D eigenvalue weighted by Crippen LogP contribution is -2.45. The van der Waals surface area contributed by atoms with Gasteiger partial charge in [0.15, 0.2) is 0 Å². The fraction of sp³-hybridized carbons (Fsp3) is 0.692. The van der Waals surface area contributed by atoms with Crippen molar-refractivity contribution in [2.24, 2.45) is 0 Å². The molecule has 0 saturated heterocycles. The molecule has 0 aromatic carbocycles. The minimum atomic E-state index is -0.553. The first kappa shape index (κ1) is 13.7. The highest BCUT2D eigenvalue weighted by atomic mass is 15.3. The normalized spacial score (nSPS) is 14.4. The second-order valence-electron chi connectivity index (χ2n) is 4.63. The van der Waals surface area contributed by atoms with Gasteiger partial charge in [-0.05, 0) is 39.3 Å². The third-order valence-corrected chi connectivity index (χ3v) is 3.16. The fourth-order valence-electron chi connectivity index (χ4n) is 2.22. The van der Waals surface area contributed by atoms with Crippen LogP contribution in [0.1, 0.15) is 37.7 Å². The van der Waals surface area contributed by atoms with Gasteiger partial charge >= 0.3 is 0 Å². The molecule has 4 nitrogen and oxygen atoms in total. The Morgan fingerprint density at radius 1 is 1.41 bits per heavy atom. The summed E-state index contributed by atoms with van der Waals surface area (Å²) >= 11 is 0. The quantitative estimate of drug-likeness (QED) is 0.847. The molecule has 0 saturated carbocycles. The summed E-state index contributed by atoms with van der Waals surface area (Å²) in [5.41, 5.74) is 2.98. The Morgan fingerprint density at radius 2 is 2.06 bits per heavy atom. The molecule has 0 aliphatic rings. The van der Waals surface area contributed by atoms with Gasteiger partial charge < -0.3 is 0 Å². The van der Waals surface area contributed by atoms with Gasteiger partial charge in [-0.2, -0.15) is 10.4 Å². The summed E-state index contributed by atoms with van der Waals surface area (Å²) < 4.78 is 1.94. The summed E-state index contributed by atoms with van der Waals surface area (Å²) in [6, 6.07) is 2.33. The van der Waals surface area contributed by atoms with E-state index in [1.54, 1.807) is 0 Å². The van der Waals surface area contributed by atoms with Crippen molar-refractivity contribution < 1.29 is 0 Å². The van der Waals surface area contributed by atoms with E-state index in [-0.39, 0.29) is 0 Å². The molecule has 0 radical (unpaired) electrons. The minimum absolute atomic E-state index is 0.553. The van der Waals surface area contributed by atoms with Crippen LogP contribution in [-0.2, 0) is 13.0 Å². The highest BCUT2D eigenvalue weighted by Gasteiger charge is 2.25. The Hall–Kier alpha value is -1.34. The van der Waals surface area contributed by atoms with Crippen LogP contribution in [0.2, 0.25) is 0 Å². The van der Waals surface area contributed by atoms with Gasteiger partial charge in [-0.15, -0.1) is 0 Å². The summed E-state index contributed by atoms with van der Waals surface area (Å²) in [7, 11) is 0. The molecule has 0 aliphatic carbocycles. The van der Waals surface area contributed by atoms with Crippen molar-refractivity contribution in [3.05, 3.63) is 17.0 Å². The lowest BCUT2D eigenvalue weighted by molar-refractivity contribution is 0.373. The van der Waals surface area contributed by atoms with Crippen LogP contribution in [0, 0.1) is 25.2 Å². The largest absolute Gasteiger partial charge is 0.298 e. The summed E-state index contributed by atoms with van der Waals surface area (Å²) in [4.78, 5) is 0. The molecule has 1 unspecified atom stereocenters. The number of aromatic nitrogens is 2. The van der Waals surface area contributed by atoms with Gasteiger partial charge in [-0.3, -0.25) is 10.00 Å². The standard InChI is InChI=1S/C13H22N4/c1-6-12-10(3)16-17(11(12)4)9-13(5,8-14)15-7-2/h15H,6-7,9H2,1-5H3. The van der Waals surface area contributed by atoms with E-state index in [9.17, 15) is 5.26 Å². The molecule has 1 N–H and O–H groups in total. The van der Waals surface area contributed by atoms with Crippen LogP contribution in [-0.4, -0.2) is 21.9 Å². The summed E-state index contributed by atoms with van der Waals surface area (Å²) in [6.07, 6.45) is 0.988. The Balaban J connectivity index is 2.99. The molecular weight excluding hydrogens is 212 g/mol. The number of nitriles is 1. The Bertz CT molecular complexity index is 427. The first-order chi connectivity index (χ1) is 7.97. The molecule has 1 heterocycles. The number of nitrogens with zero attached hydrogens (tertiary/aromatic N) is 3. The first-order valence-corrected chi connectivity index (χ1v) is 6.16. The van der Waals surface area contributed by atoms with Crippen LogP contribution in [0.15, 0.2) is 0 Å². The highest BCUT2D eigenvalue weighted by molar-refractivity contribution is 5.24. The number of rotatable bonds is 5. The van der Waals surface area contributed by atoms with Crippen LogP contribution in [0.4, 0.5) is 0 Å². The van der Waals surface area contributed by atoms with E-state index in [2.05, 4.69) is 30.3 Å². The van der Waals surface area contributed by atoms with E-state index < -0.39 is 5.54 Å². The average molecular weight is 234 g/mol. The minimum Gasteiger partial charge on any atom is -0.298 e. The van der Waals surface area contributed by atoms with E-state index in [1.807, 2.05) is 25.5 Å². The van der Waals surface area contributed by atoms with E-state index >= 15 is 0 Å². The van der Waals surface area contributed by atoms with Crippen LogP contribution in [0.3, 0.4) is 0 Å². The van der Waals surface area contributed by atoms with E-state index in [1.165, 1.54) is 11.3 Å². The van der Waals surface area contributed by atoms with Crippen LogP contribution in [0.25, 0.3) is 0 Å². The first-order valence-electron chi connectivity index (χ1n) is 6.16. The molecule has 1 atom stereocenters. The molecule has 0 aliphatic heterocycles. The van der Waals surface area contributed by atoms with Crippen molar-refractivity contribution in [2.45, 2.75) is 53.1 Å². The number of hydrogen-bond donors (Lipinski definition) is 1. The van der Waals surface area contributed by atoms with Crippen molar-refractivity contribution in [1.29, 1.82) is 5.26 Å². The molecule has 1 aromatic rings. The van der Waals surface area contributed by atoms with Gasteiger partial charge in [-0.25, -0.2) is 0 Å². The Morgan fingerprint density at radius 3 is 2.47 bits per heavy atom. The summed E-state index contributed by atoms with van der Waals surface area (Å²) in [5, 5.41) is 17.0. The van der Waals surface area contributed by atoms with Gasteiger partial charge in [0.05, 0.1) is 18.3 Å². The number of nitrogens with one attached hydrogen (secondary N) is 1. The summed E-state index contributed by atoms with van der Waals surface area (Å²) in [5.74, 6) is 0. The maximum Gasteiger partial charge on any atom is 0.123 e. The zero-order valence-electron chi connectivity index (χ0n) is 11.5. The van der Waals surface area contributed by atoms with Crippen molar-refractivity contribution >= 4 is 0 Å². The van der Waals surface area contributed by atoms with Crippen molar-refractivity contribution in [1.82, 2.24) is 15.1 Å². The maximum atomic E-state index is 9.25. The molecule has 1 aromatic heterocycles. The number of likely N-dealkylation sites (N-methyl/N-ethyl adjacent to an activating group) is 1. The highest BCUT2D eigenvalue weighted by Crippen LogP contribution is 2.16. The van der Waals surface area contributed by atoms with E-state index in [0.29, 0.717) is 6.54 Å². The Labute approximate surface area is 104 Å². The SMILES string of the molecule is CCNC(C)(C#N)Cn1nc(C)c(CC)c1C. The molecule has 1 rings (SSSR count). The molecule has 0 fully saturated rings. The predicted octanol–water partition coefficient (Wildman–Crippen LogP) is 1.95. The van der Waals surface area contributed by atoms with Crippen LogP contribution in [0.5, 0.6) is 0 Å². The van der Waals surface area contributed by atoms with Crippen molar-refractivity contribution in [2.75, 3.05) is 6.54 Å². The number of hydrogen-bond acceptors (Lipinski definition) is 3. The lowest BCUT2D eigenvalue weighted by Gasteiger charge is -2.23. The molecule has 0 bridgehead atoms. The van der Waals surface area contributed by atoms with Gasteiger partial charge in [0.1, 0.15) is 5.54 Å². The van der Waals surface area contributed by atoms with E-state index in [4.69, 9.17) is 0 Å². The second kappa shape index (κ2) is 5.33. The van der Waals surface area contributed by atoms with Crippen LogP contribution < -0.4 is 5.32 Å². The average Bonchev–Trinajstić information content (AvgIpc) is 2.54.